The van der Waals surface area contributed by atoms with Crippen molar-refractivity contribution in [3.05, 3.63) is 95.1 Å². The summed E-state index contributed by atoms with van der Waals surface area (Å²) in [6.45, 7) is 20.2. The number of carboxylic acid groups (broad SMARTS) is 1. The fourth-order valence-electron chi connectivity index (χ4n) is 11.2. The van der Waals surface area contributed by atoms with Gasteiger partial charge in [-0.05, 0) is 95.9 Å². The molecule has 408 valence electrons. The van der Waals surface area contributed by atoms with E-state index in [4.69, 9.17) is 52.5 Å². The highest BCUT2D eigenvalue weighted by atomic mass is 16.7. The maximum absolute atomic E-state index is 14.2. The lowest BCUT2D eigenvalue weighted by atomic mass is 9.71. The Bertz CT molecular complexity index is 2130. The maximum Gasteiger partial charge on any atom is 0.335 e. The lowest BCUT2D eigenvalue weighted by molar-refractivity contribution is -0.312. The molecule has 5 heterocycles. The van der Waals surface area contributed by atoms with E-state index in [0.29, 0.717) is 36.0 Å². The Balaban J connectivity index is 0.000000870. The van der Waals surface area contributed by atoms with E-state index in [1.54, 1.807) is 63.6 Å². The van der Waals surface area contributed by atoms with Crippen LogP contribution in [0.15, 0.2) is 89.6 Å². The van der Waals surface area contributed by atoms with Crippen LogP contribution in [0.5, 0.6) is 0 Å². The molecule has 5 aliphatic heterocycles. The Morgan fingerprint density at radius 3 is 2.21 bits per heavy atom. The van der Waals surface area contributed by atoms with Crippen molar-refractivity contribution in [2.24, 2.45) is 23.7 Å². The molecule has 3 saturated heterocycles. The Morgan fingerprint density at radius 2 is 1.56 bits per heavy atom. The van der Waals surface area contributed by atoms with Crippen molar-refractivity contribution in [2.75, 3.05) is 27.9 Å². The standard InChI is InChI=1S/C50H79NO13.C7H6O2/c1-14-27(2)45-30(5)20-21-49(64-45)25-33(8)58-48(53)37-22-31(6)43(52)47-50(37,54)36(26-57-47)17-15-16-28(3)44(29(4)18-19-32(7)63-49)61-41-24-39(56-13)46(35(10)60-41)62-40-23-38(55-12)42(51-11)34(9)59-40;8-7(9)6-4-2-1-3-5-6/h15-18,20-22,27-28,30,32-35,37-47,51-52,54H,14,19,23-26H2,1-13H3;1-5H,(H,8,9)/b16-15+,29-18+,36-17+;/t27?,28-,30-,32-,33-,34-,35-,37-,38-,39-,40-,41-,42+,43+,44-,45+,46-,47?,49+,50?;/m0./s1. The first-order chi connectivity index (χ1) is 34.7. The molecule has 20 atom stereocenters. The Labute approximate surface area is 433 Å². The third kappa shape index (κ3) is 13.9. The second-order valence-electron chi connectivity index (χ2n) is 21.1. The van der Waals surface area contributed by atoms with Crippen LogP contribution in [0.25, 0.3) is 0 Å². The van der Waals surface area contributed by atoms with Crippen molar-refractivity contribution in [2.45, 2.75) is 198 Å². The summed E-state index contributed by atoms with van der Waals surface area (Å²) in [7, 11) is 5.30. The van der Waals surface area contributed by atoms with Crippen LogP contribution in [-0.2, 0) is 52.2 Å². The van der Waals surface area contributed by atoms with Crippen LogP contribution < -0.4 is 5.32 Å². The second kappa shape index (κ2) is 25.9. The van der Waals surface area contributed by atoms with Crippen molar-refractivity contribution in [1.82, 2.24) is 5.32 Å². The predicted octanol–water partition coefficient (Wildman–Crippen LogP) is 7.63. The summed E-state index contributed by atoms with van der Waals surface area (Å²) in [4.78, 5) is 24.4. The van der Waals surface area contributed by atoms with Gasteiger partial charge in [0.1, 0.15) is 35.9 Å². The van der Waals surface area contributed by atoms with Crippen LogP contribution in [0.1, 0.15) is 112 Å². The molecule has 0 radical (unpaired) electrons. The van der Waals surface area contributed by atoms with Crippen LogP contribution in [0.3, 0.4) is 0 Å². The number of carboxylic acids is 1. The molecule has 0 bridgehead atoms. The normalized spacial score (nSPS) is 42.8. The number of esters is 1. The molecule has 0 saturated carbocycles. The average Bonchev–Trinajstić information content (AvgIpc) is 3.70. The number of carbonyl (C=O) groups excluding carboxylic acids is 1. The number of ether oxygens (including phenoxy) is 10. The third-order valence-corrected chi connectivity index (χ3v) is 15.6. The Kier molecular flexibility index (Phi) is 20.8. The summed E-state index contributed by atoms with van der Waals surface area (Å²) in [6, 6.07) is 8.34. The summed E-state index contributed by atoms with van der Waals surface area (Å²) in [5.41, 5.74) is 0.470. The van der Waals surface area contributed by atoms with Gasteiger partial charge in [0.2, 0.25) is 0 Å². The molecule has 1 spiro atoms. The van der Waals surface area contributed by atoms with Crippen LogP contribution in [-0.4, -0.2) is 152 Å². The molecule has 16 nitrogen and oxygen atoms in total. The van der Waals surface area contributed by atoms with Gasteiger partial charge in [-0.2, -0.15) is 0 Å². The highest BCUT2D eigenvalue weighted by Gasteiger charge is 2.60. The maximum atomic E-state index is 14.2. The van der Waals surface area contributed by atoms with E-state index in [-0.39, 0.29) is 73.4 Å². The lowest BCUT2D eigenvalue weighted by Gasteiger charge is -2.45. The minimum absolute atomic E-state index is 0.0291. The monoisotopic (exact) mass is 1020 g/mol. The molecule has 1 aromatic rings. The number of aliphatic hydroxyl groups excluding tert-OH is 1. The smallest absolute Gasteiger partial charge is 0.335 e. The topological polar surface area (TPSA) is 199 Å². The number of likely N-dealkylation sites (N-methyl/N-ethyl adjacent to an activating group) is 1. The van der Waals surface area contributed by atoms with E-state index in [1.165, 1.54) is 0 Å². The molecule has 1 aromatic carbocycles. The fourth-order valence-corrected chi connectivity index (χ4v) is 11.2. The molecule has 3 unspecified atom stereocenters. The van der Waals surface area contributed by atoms with Crippen molar-refractivity contribution in [3.8, 4) is 0 Å². The number of nitrogens with one attached hydrogen (secondary N) is 1. The summed E-state index contributed by atoms with van der Waals surface area (Å²) >= 11 is 0. The zero-order chi connectivity index (χ0) is 53.4. The first-order valence-corrected chi connectivity index (χ1v) is 26.3. The molecule has 1 aliphatic carbocycles. The first kappa shape index (κ1) is 58.6. The molecule has 73 heavy (non-hydrogen) atoms. The third-order valence-electron chi connectivity index (χ3n) is 15.6. The first-order valence-electron chi connectivity index (χ1n) is 26.3. The molecule has 0 amide bonds. The predicted molar refractivity (Wildman–Crippen MR) is 274 cm³/mol. The number of hydrogen-bond acceptors (Lipinski definition) is 15. The molecule has 7 rings (SSSR count). The average molecular weight is 1020 g/mol. The molecular weight excluding hydrogens is 939 g/mol. The number of aliphatic hydroxyl groups is 2. The molecule has 16 heteroatoms. The van der Waals surface area contributed by atoms with Crippen LogP contribution in [0.2, 0.25) is 0 Å². The van der Waals surface area contributed by atoms with E-state index in [1.807, 2.05) is 53.0 Å². The number of allylic oxidation sites excluding steroid dienone is 2. The summed E-state index contributed by atoms with van der Waals surface area (Å²) in [5.74, 6) is -3.59. The number of aromatic carboxylic acids is 1. The van der Waals surface area contributed by atoms with Gasteiger partial charge in [0, 0.05) is 45.3 Å². The van der Waals surface area contributed by atoms with Gasteiger partial charge in [-0.15, -0.1) is 0 Å². The van der Waals surface area contributed by atoms with E-state index in [2.05, 4.69) is 52.1 Å². The zero-order valence-corrected chi connectivity index (χ0v) is 45.3. The SMILES string of the molecule is CCC(C)[C@H]1O[C@]2(C=C[C@@H]1C)C[C@H](C)OC(=O)[C@@H]1C=C(C)[C@@H](O)C3OC/C(=C\C=C\[C@H](C)[C@H](O[C@H]4C[C@H](OC)[C@@H](O[C@H]5C[C@H](OC)[C@H](NC)[C@H](C)O5)[C@H](C)O4)/C(C)=C/C[C@H](C)O2)C31O.O=C(O)c1ccccc1. The van der Waals surface area contributed by atoms with Gasteiger partial charge >= 0.3 is 11.9 Å². The van der Waals surface area contributed by atoms with Gasteiger partial charge in [-0.1, -0.05) is 88.8 Å². The Morgan fingerprint density at radius 1 is 0.890 bits per heavy atom. The fraction of sp³-hybridized carbons (Fsp3) is 0.684. The quantitative estimate of drug-likeness (QED) is 0.132. The van der Waals surface area contributed by atoms with Gasteiger partial charge in [0.05, 0.1) is 60.9 Å². The lowest BCUT2D eigenvalue weighted by Crippen LogP contribution is -2.57. The summed E-state index contributed by atoms with van der Waals surface area (Å²) in [6.07, 6.45) is 10.1. The zero-order valence-electron chi connectivity index (χ0n) is 45.3. The second-order valence-corrected chi connectivity index (χ2v) is 21.1. The molecule has 3 fully saturated rings. The Hall–Kier alpha value is -3.62. The molecule has 0 aromatic heterocycles. The van der Waals surface area contributed by atoms with Crippen molar-refractivity contribution in [1.29, 1.82) is 0 Å². The minimum Gasteiger partial charge on any atom is -0.478 e. The number of benzene rings is 1. The van der Waals surface area contributed by atoms with Gasteiger partial charge < -0.3 is 68.0 Å². The van der Waals surface area contributed by atoms with E-state index >= 15 is 0 Å². The highest BCUT2D eigenvalue weighted by Crippen LogP contribution is 2.46. The molecule has 4 N–H and O–H groups in total. The number of cyclic esters (lactones) is 1. The van der Waals surface area contributed by atoms with Crippen molar-refractivity contribution in [3.63, 3.8) is 0 Å². The number of rotatable bonds is 10. The minimum atomic E-state index is -1.85. The van der Waals surface area contributed by atoms with E-state index in [0.717, 1.165) is 12.0 Å². The van der Waals surface area contributed by atoms with Gasteiger partial charge in [-0.3, -0.25) is 4.79 Å². The van der Waals surface area contributed by atoms with E-state index < -0.39 is 72.3 Å². The van der Waals surface area contributed by atoms with Gasteiger partial charge in [-0.25, -0.2) is 4.79 Å². The molecule has 6 aliphatic rings. The number of carbonyl (C=O) groups is 2. The number of hydrogen-bond donors (Lipinski definition) is 4. The largest absolute Gasteiger partial charge is 0.478 e. The van der Waals surface area contributed by atoms with Crippen molar-refractivity contribution >= 4 is 11.9 Å². The highest BCUT2D eigenvalue weighted by molar-refractivity contribution is 5.87. The van der Waals surface area contributed by atoms with Crippen molar-refractivity contribution < 1.29 is 72.3 Å². The number of methoxy groups -OCH3 is 2. The van der Waals surface area contributed by atoms with Crippen LogP contribution in [0.4, 0.5) is 0 Å². The van der Waals surface area contributed by atoms with E-state index in [9.17, 15) is 19.8 Å². The van der Waals surface area contributed by atoms with Gasteiger partial charge in [0.25, 0.3) is 0 Å². The summed E-state index contributed by atoms with van der Waals surface area (Å²) in [5, 5.41) is 35.4. The summed E-state index contributed by atoms with van der Waals surface area (Å²) < 4.78 is 64.4. The van der Waals surface area contributed by atoms with Crippen LogP contribution in [0, 0.1) is 23.7 Å². The molecular formula is C57H85NO15. The van der Waals surface area contributed by atoms with Crippen LogP contribution >= 0.6 is 0 Å². The van der Waals surface area contributed by atoms with Gasteiger partial charge in [0.15, 0.2) is 18.4 Å².